The summed E-state index contributed by atoms with van der Waals surface area (Å²) in [6, 6.07) is 9.03. The fraction of sp³-hybridized carbons (Fsp3) is 0.562. The first-order valence-electron chi connectivity index (χ1n) is 7.37. The Morgan fingerprint density at radius 2 is 2.11 bits per heavy atom. The summed E-state index contributed by atoms with van der Waals surface area (Å²) in [5.74, 6) is 0.937. The molecule has 102 valence electrons. The normalized spacial score (nSPS) is 18.2. The van der Waals surface area contributed by atoms with E-state index in [2.05, 4.69) is 36.6 Å². The number of aromatic nitrogens is 1. The molecule has 0 radical (unpaired) electrons. The molecule has 1 N–H and O–H groups in total. The highest BCUT2D eigenvalue weighted by atomic mass is 32.1. The Kier molecular flexibility index (Phi) is 4.14. The van der Waals surface area contributed by atoms with E-state index in [0.29, 0.717) is 6.04 Å². The van der Waals surface area contributed by atoms with E-state index in [1.165, 1.54) is 41.8 Å². The van der Waals surface area contributed by atoms with E-state index in [1.807, 2.05) is 11.3 Å². The van der Waals surface area contributed by atoms with Gasteiger partial charge in [-0.25, -0.2) is 4.98 Å². The molecule has 1 aliphatic rings. The highest BCUT2D eigenvalue weighted by Gasteiger charge is 2.20. The van der Waals surface area contributed by atoms with Crippen LogP contribution in [0.3, 0.4) is 0 Å². The first-order valence-corrected chi connectivity index (χ1v) is 8.18. The smallest absolute Gasteiger partial charge is 0.0954 e. The zero-order valence-corrected chi connectivity index (χ0v) is 12.4. The molecule has 1 saturated carbocycles. The minimum absolute atomic E-state index is 0.587. The van der Waals surface area contributed by atoms with E-state index >= 15 is 0 Å². The lowest BCUT2D eigenvalue weighted by atomic mass is 9.97. The molecule has 1 aromatic heterocycles. The van der Waals surface area contributed by atoms with Crippen molar-refractivity contribution in [1.82, 2.24) is 10.3 Å². The number of likely N-dealkylation sites (N-methyl/N-ethyl adjacent to an activating group) is 1. The van der Waals surface area contributed by atoms with E-state index in [1.54, 1.807) is 0 Å². The van der Waals surface area contributed by atoms with E-state index in [0.717, 1.165) is 17.9 Å². The van der Waals surface area contributed by atoms with Crippen LogP contribution >= 0.6 is 11.3 Å². The number of nitrogens with zero attached hydrogens (tertiary/aromatic N) is 1. The van der Waals surface area contributed by atoms with Gasteiger partial charge >= 0.3 is 0 Å². The highest BCUT2D eigenvalue weighted by Crippen LogP contribution is 2.30. The molecule has 1 unspecified atom stereocenters. The van der Waals surface area contributed by atoms with Crippen molar-refractivity contribution in [2.75, 3.05) is 7.05 Å². The molecule has 3 rings (SSSR count). The maximum Gasteiger partial charge on any atom is 0.0954 e. The van der Waals surface area contributed by atoms with Gasteiger partial charge in [0.1, 0.15) is 0 Å². The first kappa shape index (κ1) is 13.1. The standard InChI is InChI=1S/C16H22N2S/c1-17-13(10-12-6-2-3-7-12)11-16-18-14-8-4-5-9-15(14)19-16/h4-5,8-9,12-13,17H,2-3,6-7,10-11H2,1H3. The van der Waals surface area contributed by atoms with Crippen LogP contribution < -0.4 is 5.32 Å². The molecular formula is C16H22N2S. The lowest BCUT2D eigenvalue weighted by Gasteiger charge is -2.18. The zero-order valence-electron chi connectivity index (χ0n) is 11.6. The topological polar surface area (TPSA) is 24.9 Å². The second kappa shape index (κ2) is 6.02. The van der Waals surface area contributed by atoms with Gasteiger partial charge in [-0.05, 0) is 31.5 Å². The maximum absolute atomic E-state index is 4.75. The van der Waals surface area contributed by atoms with Crippen molar-refractivity contribution in [2.24, 2.45) is 5.92 Å². The summed E-state index contributed by atoms with van der Waals surface area (Å²) < 4.78 is 1.31. The Labute approximate surface area is 119 Å². The van der Waals surface area contributed by atoms with Crippen LogP contribution in [0.25, 0.3) is 10.2 Å². The highest BCUT2D eigenvalue weighted by molar-refractivity contribution is 7.18. The number of hydrogen-bond acceptors (Lipinski definition) is 3. The zero-order chi connectivity index (χ0) is 13.1. The molecule has 0 amide bonds. The minimum atomic E-state index is 0.587. The van der Waals surface area contributed by atoms with Crippen molar-refractivity contribution < 1.29 is 0 Å². The third-order valence-corrected chi connectivity index (χ3v) is 5.32. The lowest BCUT2D eigenvalue weighted by molar-refractivity contribution is 0.402. The van der Waals surface area contributed by atoms with E-state index < -0.39 is 0 Å². The molecule has 0 bridgehead atoms. The summed E-state index contributed by atoms with van der Waals surface area (Å²) in [6.45, 7) is 0. The average Bonchev–Trinajstić information content (AvgIpc) is 3.06. The molecule has 2 nitrogen and oxygen atoms in total. The second-order valence-electron chi connectivity index (χ2n) is 5.65. The number of rotatable bonds is 5. The first-order chi connectivity index (χ1) is 9.35. The van der Waals surface area contributed by atoms with Crippen molar-refractivity contribution >= 4 is 21.6 Å². The summed E-state index contributed by atoms with van der Waals surface area (Å²) >= 11 is 1.85. The van der Waals surface area contributed by atoms with Crippen molar-refractivity contribution in [1.29, 1.82) is 0 Å². The van der Waals surface area contributed by atoms with Gasteiger partial charge in [0.25, 0.3) is 0 Å². The molecule has 0 spiro atoms. The van der Waals surface area contributed by atoms with Crippen LogP contribution in [0.15, 0.2) is 24.3 Å². The van der Waals surface area contributed by atoms with Gasteiger partial charge in [0.15, 0.2) is 0 Å². The van der Waals surface area contributed by atoms with Gasteiger partial charge in [-0.1, -0.05) is 37.8 Å². The summed E-state index contributed by atoms with van der Waals surface area (Å²) in [5.41, 5.74) is 1.15. The van der Waals surface area contributed by atoms with Crippen LogP contribution in [0.2, 0.25) is 0 Å². The Hall–Kier alpha value is -0.930. The van der Waals surface area contributed by atoms with Crippen LogP contribution in [0.4, 0.5) is 0 Å². The van der Waals surface area contributed by atoms with Crippen LogP contribution in [0.1, 0.15) is 37.1 Å². The van der Waals surface area contributed by atoms with Gasteiger partial charge in [-0.15, -0.1) is 11.3 Å². The molecule has 1 heterocycles. The van der Waals surface area contributed by atoms with Gasteiger partial charge in [0.2, 0.25) is 0 Å². The molecule has 3 heteroatoms. The summed E-state index contributed by atoms with van der Waals surface area (Å²) in [4.78, 5) is 4.75. The Morgan fingerprint density at radius 1 is 1.32 bits per heavy atom. The summed E-state index contributed by atoms with van der Waals surface area (Å²) in [7, 11) is 2.09. The number of para-hydroxylation sites is 1. The summed E-state index contributed by atoms with van der Waals surface area (Å²) in [5, 5.41) is 4.76. The monoisotopic (exact) mass is 274 g/mol. The number of nitrogens with one attached hydrogen (secondary N) is 1. The average molecular weight is 274 g/mol. The molecule has 0 aliphatic heterocycles. The molecule has 1 aromatic carbocycles. The van der Waals surface area contributed by atoms with Crippen molar-refractivity contribution in [2.45, 2.75) is 44.6 Å². The van der Waals surface area contributed by atoms with Crippen LogP contribution in [-0.4, -0.2) is 18.1 Å². The largest absolute Gasteiger partial charge is 0.317 e. The molecule has 0 saturated heterocycles. The molecular weight excluding hydrogens is 252 g/mol. The quantitative estimate of drug-likeness (QED) is 0.891. The molecule has 1 atom stereocenters. The predicted octanol–water partition coefficient (Wildman–Crippen LogP) is 4.01. The number of fused-ring (bicyclic) bond motifs is 1. The van der Waals surface area contributed by atoms with Crippen LogP contribution in [-0.2, 0) is 6.42 Å². The van der Waals surface area contributed by atoms with Gasteiger partial charge in [0.05, 0.1) is 15.2 Å². The number of thiazole rings is 1. The second-order valence-corrected chi connectivity index (χ2v) is 6.77. The van der Waals surface area contributed by atoms with Gasteiger partial charge in [-0.2, -0.15) is 0 Å². The van der Waals surface area contributed by atoms with Gasteiger partial charge < -0.3 is 5.32 Å². The van der Waals surface area contributed by atoms with E-state index in [9.17, 15) is 0 Å². The number of hydrogen-bond donors (Lipinski definition) is 1. The summed E-state index contributed by atoms with van der Waals surface area (Å²) in [6.07, 6.45) is 8.11. The van der Waals surface area contributed by atoms with Crippen LogP contribution in [0, 0.1) is 5.92 Å². The Balaban J connectivity index is 1.67. The van der Waals surface area contributed by atoms with Crippen molar-refractivity contribution in [3.05, 3.63) is 29.3 Å². The predicted molar refractivity (Wildman–Crippen MR) is 82.7 cm³/mol. The Bertz CT molecular complexity index is 495. The van der Waals surface area contributed by atoms with Crippen LogP contribution in [0.5, 0.6) is 0 Å². The SMILES string of the molecule is CNC(Cc1nc2ccccc2s1)CC1CCCC1. The Morgan fingerprint density at radius 3 is 2.84 bits per heavy atom. The van der Waals surface area contributed by atoms with Crippen molar-refractivity contribution in [3.8, 4) is 0 Å². The fourth-order valence-electron chi connectivity index (χ4n) is 3.17. The maximum atomic E-state index is 4.75. The molecule has 1 fully saturated rings. The van der Waals surface area contributed by atoms with Crippen molar-refractivity contribution in [3.63, 3.8) is 0 Å². The molecule has 19 heavy (non-hydrogen) atoms. The molecule has 2 aromatic rings. The van der Waals surface area contributed by atoms with Gasteiger partial charge in [-0.3, -0.25) is 0 Å². The lowest BCUT2D eigenvalue weighted by Crippen LogP contribution is -2.29. The fourth-order valence-corrected chi connectivity index (χ4v) is 4.22. The third-order valence-electron chi connectivity index (χ3n) is 4.26. The van der Waals surface area contributed by atoms with E-state index in [-0.39, 0.29) is 0 Å². The molecule has 1 aliphatic carbocycles. The minimum Gasteiger partial charge on any atom is -0.317 e. The van der Waals surface area contributed by atoms with Gasteiger partial charge in [0, 0.05) is 12.5 Å². The third kappa shape index (κ3) is 3.15. The van der Waals surface area contributed by atoms with E-state index in [4.69, 9.17) is 4.98 Å². The number of benzene rings is 1.